The van der Waals surface area contributed by atoms with E-state index < -0.39 is 10.0 Å². The molecule has 0 radical (unpaired) electrons. The van der Waals surface area contributed by atoms with Crippen molar-refractivity contribution in [1.29, 1.82) is 0 Å². The fourth-order valence-electron chi connectivity index (χ4n) is 2.87. The Kier molecular flexibility index (Phi) is 7.92. The second kappa shape index (κ2) is 10.2. The number of sulfonamides is 1. The Hall–Kier alpha value is -2.71. The maximum atomic E-state index is 12.5. The van der Waals surface area contributed by atoms with E-state index in [2.05, 4.69) is 10.6 Å². The molecule has 29 heavy (non-hydrogen) atoms. The van der Waals surface area contributed by atoms with Crippen molar-refractivity contribution in [1.82, 2.24) is 14.9 Å². The van der Waals surface area contributed by atoms with Crippen LogP contribution in [0.3, 0.4) is 0 Å². The van der Waals surface area contributed by atoms with Crippen molar-refractivity contribution in [2.75, 3.05) is 19.6 Å². The molecule has 7 nitrogen and oxygen atoms in total. The van der Waals surface area contributed by atoms with Crippen LogP contribution in [-0.2, 0) is 14.8 Å². The van der Waals surface area contributed by atoms with Crippen molar-refractivity contribution in [2.45, 2.75) is 31.7 Å². The van der Waals surface area contributed by atoms with Crippen LogP contribution in [0, 0.1) is 0 Å². The van der Waals surface area contributed by atoms with Crippen molar-refractivity contribution in [3.05, 3.63) is 65.7 Å². The largest absolute Gasteiger partial charge is 0.348 e. The van der Waals surface area contributed by atoms with Gasteiger partial charge in [-0.1, -0.05) is 44.2 Å². The molecule has 0 spiro atoms. The summed E-state index contributed by atoms with van der Waals surface area (Å²) < 4.78 is 26.5. The molecule has 2 amide bonds. The van der Waals surface area contributed by atoms with Gasteiger partial charge in [0.05, 0.1) is 17.5 Å². The summed E-state index contributed by atoms with van der Waals surface area (Å²) in [7, 11) is -3.51. The van der Waals surface area contributed by atoms with Crippen molar-refractivity contribution >= 4 is 21.8 Å². The van der Waals surface area contributed by atoms with Crippen LogP contribution in [-0.4, -0.2) is 44.2 Å². The average molecular weight is 418 g/mol. The van der Waals surface area contributed by atoms with E-state index in [1.165, 1.54) is 4.31 Å². The molecule has 0 aromatic heterocycles. The van der Waals surface area contributed by atoms with Crippen molar-refractivity contribution < 1.29 is 18.0 Å². The summed E-state index contributed by atoms with van der Waals surface area (Å²) >= 11 is 0. The van der Waals surface area contributed by atoms with E-state index in [4.69, 9.17) is 0 Å². The smallest absolute Gasteiger partial charge is 0.251 e. The maximum absolute atomic E-state index is 12.5. The van der Waals surface area contributed by atoms with Gasteiger partial charge in [-0.25, -0.2) is 8.42 Å². The van der Waals surface area contributed by atoms with Gasteiger partial charge in [0.1, 0.15) is 0 Å². The number of hydrogen-bond donors (Lipinski definition) is 2. The van der Waals surface area contributed by atoms with Crippen LogP contribution in [0.1, 0.15) is 42.7 Å². The van der Waals surface area contributed by atoms with Gasteiger partial charge in [-0.3, -0.25) is 9.59 Å². The molecule has 2 N–H and O–H groups in total. The lowest BCUT2D eigenvalue weighted by atomic mass is 10.1. The van der Waals surface area contributed by atoms with E-state index in [-0.39, 0.29) is 29.3 Å². The van der Waals surface area contributed by atoms with Crippen molar-refractivity contribution in [3.63, 3.8) is 0 Å². The second-order valence-electron chi connectivity index (χ2n) is 6.50. The second-order valence-corrected chi connectivity index (χ2v) is 8.43. The maximum Gasteiger partial charge on any atom is 0.251 e. The van der Waals surface area contributed by atoms with Crippen LogP contribution in [0.5, 0.6) is 0 Å². The van der Waals surface area contributed by atoms with Gasteiger partial charge in [-0.05, 0) is 36.8 Å². The Labute approximate surface area is 172 Å². The molecule has 156 valence electrons. The van der Waals surface area contributed by atoms with Gasteiger partial charge in [-0.15, -0.1) is 0 Å². The lowest BCUT2D eigenvalue weighted by Crippen LogP contribution is -2.38. The monoisotopic (exact) mass is 417 g/mol. The summed E-state index contributed by atoms with van der Waals surface area (Å²) in [4.78, 5) is 24.3. The first-order valence-corrected chi connectivity index (χ1v) is 11.0. The van der Waals surface area contributed by atoms with Gasteiger partial charge in [0.2, 0.25) is 15.9 Å². The third-order valence-corrected chi connectivity index (χ3v) is 6.61. The Morgan fingerprint density at radius 3 is 2.10 bits per heavy atom. The molecule has 2 rings (SSSR count). The molecule has 0 unspecified atom stereocenters. The van der Waals surface area contributed by atoms with Gasteiger partial charge in [0, 0.05) is 18.7 Å². The predicted molar refractivity (Wildman–Crippen MR) is 112 cm³/mol. The number of nitrogens with zero attached hydrogens (tertiary/aromatic N) is 1. The molecule has 0 aliphatic heterocycles. The van der Waals surface area contributed by atoms with Gasteiger partial charge in [-0.2, -0.15) is 4.31 Å². The molecular weight excluding hydrogens is 390 g/mol. The summed E-state index contributed by atoms with van der Waals surface area (Å²) in [5.74, 6) is -0.652. The zero-order valence-corrected chi connectivity index (χ0v) is 17.7. The van der Waals surface area contributed by atoms with E-state index in [1.807, 2.05) is 6.07 Å². The molecule has 8 heteroatoms. The topological polar surface area (TPSA) is 95.6 Å². The molecule has 0 bridgehead atoms. The van der Waals surface area contributed by atoms with Crippen LogP contribution in [0.25, 0.3) is 0 Å². The molecule has 1 atom stereocenters. The molecule has 0 fully saturated rings. The zero-order valence-electron chi connectivity index (χ0n) is 16.9. The van der Waals surface area contributed by atoms with E-state index in [0.717, 1.165) is 5.56 Å². The molecule has 0 aliphatic rings. The van der Waals surface area contributed by atoms with Crippen molar-refractivity contribution in [3.8, 4) is 0 Å². The molecule has 2 aromatic rings. The summed E-state index contributed by atoms with van der Waals surface area (Å²) in [6, 6.07) is 14.8. The van der Waals surface area contributed by atoms with E-state index in [9.17, 15) is 18.0 Å². The Morgan fingerprint density at radius 1 is 0.966 bits per heavy atom. The molecule has 2 aromatic carbocycles. The highest BCUT2D eigenvalue weighted by atomic mass is 32.2. The molecule has 0 saturated heterocycles. The standard InChI is InChI=1S/C21H27N3O4S/c1-4-24(5-2)29(27,28)19-13-11-17(12-14-19)16(3)23-20(25)15-22-21(26)18-9-7-6-8-10-18/h6-14,16H,4-5,15H2,1-3H3,(H,22,26)(H,23,25)/t16-/m0/s1. The van der Waals surface area contributed by atoms with Crippen LogP contribution in [0.2, 0.25) is 0 Å². The molecule has 0 aliphatic carbocycles. The number of hydrogen-bond acceptors (Lipinski definition) is 4. The Morgan fingerprint density at radius 2 is 1.55 bits per heavy atom. The number of carbonyl (C=O) groups is 2. The quantitative estimate of drug-likeness (QED) is 0.655. The first kappa shape index (κ1) is 22.6. The Bertz CT molecular complexity index is 924. The first-order valence-electron chi connectivity index (χ1n) is 9.52. The minimum Gasteiger partial charge on any atom is -0.348 e. The highest BCUT2D eigenvalue weighted by Crippen LogP contribution is 2.19. The lowest BCUT2D eigenvalue weighted by molar-refractivity contribution is -0.120. The average Bonchev–Trinajstić information content (AvgIpc) is 2.73. The number of nitrogens with one attached hydrogen (secondary N) is 2. The molecule has 0 saturated carbocycles. The third kappa shape index (κ3) is 5.88. The third-order valence-electron chi connectivity index (χ3n) is 4.55. The zero-order chi connectivity index (χ0) is 21.4. The fourth-order valence-corrected chi connectivity index (χ4v) is 4.33. The minimum atomic E-state index is -3.51. The van der Waals surface area contributed by atoms with Crippen molar-refractivity contribution in [2.24, 2.45) is 0 Å². The van der Waals surface area contributed by atoms with Crippen LogP contribution in [0.15, 0.2) is 59.5 Å². The van der Waals surface area contributed by atoms with Gasteiger partial charge in [0.25, 0.3) is 5.91 Å². The predicted octanol–water partition coefficient (Wildman–Crippen LogP) is 2.32. The highest BCUT2D eigenvalue weighted by Gasteiger charge is 2.21. The Balaban J connectivity index is 1.94. The number of amides is 2. The molecular formula is C21H27N3O4S. The highest BCUT2D eigenvalue weighted by molar-refractivity contribution is 7.89. The summed E-state index contributed by atoms with van der Waals surface area (Å²) in [5.41, 5.74) is 1.25. The van der Waals surface area contributed by atoms with Gasteiger partial charge >= 0.3 is 0 Å². The minimum absolute atomic E-state index is 0.146. The van der Waals surface area contributed by atoms with Crippen LogP contribution >= 0.6 is 0 Å². The SMILES string of the molecule is CCN(CC)S(=O)(=O)c1ccc([C@H](C)NC(=O)CNC(=O)c2ccccc2)cc1. The number of benzene rings is 2. The van der Waals surface area contributed by atoms with Gasteiger partial charge in [0.15, 0.2) is 0 Å². The summed E-state index contributed by atoms with van der Waals surface area (Å²) in [6.07, 6.45) is 0. The normalized spacial score (nSPS) is 12.4. The summed E-state index contributed by atoms with van der Waals surface area (Å²) in [5, 5.41) is 5.37. The lowest BCUT2D eigenvalue weighted by Gasteiger charge is -2.19. The van der Waals surface area contributed by atoms with Crippen LogP contribution in [0.4, 0.5) is 0 Å². The van der Waals surface area contributed by atoms with E-state index in [1.54, 1.807) is 69.3 Å². The number of rotatable bonds is 9. The summed E-state index contributed by atoms with van der Waals surface area (Å²) in [6.45, 7) is 6.05. The molecule has 0 heterocycles. The van der Waals surface area contributed by atoms with Gasteiger partial charge < -0.3 is 10.6 Å². The van der Waals surface area contributed by atoms with Crippen LogP contribution < -0.4 is 10.6 Å². The number of carbonyl (C=O) groups excluding carboxylic acids is 2. The van der Waals surface area contributed by atoms with E-state index >= 15 is 0 Å². The van der Waals surface area contributed by atoms with E-state index in [0.29, 0.717) is 18.7 Å². The fraction of sp³-hybridized carbons (Fsp3) is 0.333. The first-order chi connectivity index (χ1) is 13.8.